The van der Waals surface area contributed by atoms with Gasteiger partial charge in [-0.3, -0.25) is 10.1 Å². The topological polar surface area (TPSA) is 138 Å². The van der Waals surface area contributed by atoms with Crippen LogP contribution in [0.2, 0.25) is 0 Å². The van der Waals surface area contributed by atoms with Crippen molar-refractivity contribution in [1.29, 1.82) is 0 Å². The number of nitrogens with zero attached hydrogens (tertiary/aromatic N) is 6. The molecule has 1 aromatic carbocycles. The second-order valence-electron chi connectivity index (χ2n) is 6.82. The predicted octanol–water partition coefficient (Wildman–Crippen LogP) is 2.55. The first-order valence-electron chi connectivity index (χ1n) is 9.53. The molecule has 0 unspecified atom stereocenters. The van der Waals surface area contributed by atoms with Crippen LogP contribution in [0.15, 0.2) is 55.0 Å². The van der Waals surface area contributed by atoms with Gasteiger partial charge in [0.05, 0.1) is 10.5 Å². The summed E-state index contributed by atoms with van der Waals surface area (Å²) in [5, 5.41) is 23.8. The van der Waals surface area contributed by atoms with Gasteiger partial charge in [0, 0.05) is 38.1 Å². The lowest BCUT2D eigenvalue weighted by Gasteiger charge is -2.35. The minimum absolute atomic E-state index is 0.0465. The molecular formula is C20H19N7O4. The van der Waals surface area contributed by atoms with Crippen LogP contribution in [0.3, 0.4) is 0 Å². The molecule has 0 atom stereocenters. The average molecular weight is 421 g/mol. The lowest BCUT2D eigenvalue weighted by atomic mass is 10.2. The van der Waals surface area contributed by atoms with Crippen LogP contribution in [-0.4, -0.2) is 57.1 Å². The van der Waals surface area contributed by atoms with E-state index in [1.165, 1.54) is 30.6 Å². The summed E-state index contributed by atoms with van der Waals surface area (Å²) >= 11 is 0. The number of benzene rings is 1. The highest BCUT2D eigenvalue weighted by Crippen LogP contribution is 2.34. The maximum Gasteiger partial charge on any atom is 0.353 e. The number of piperazine rings is 1. The van der Waals surface area contributed by atoms with Gasteiger partial charge in [-0.2, -0.15) is 0 Å². The zero-order chi connectivity index (χ0) is 21.8. The number of aromatic carboxylic acids is 1. The van der Waals surface area contributed by atoms with Gasteiger partial charge in [-0.15, -0.1) is 0 Å². The Bertz CT molecular complexity index is 1080. The van der Waals surface area contributed by atoms with Crippen LogP contribution in [0.1, 0.15) is 10.4 Å². The lowest BCUT2D eigenvalue weighted by molar-refractivity contribution is -0.383. The normalized spacial score (nSPS) is 13.7. The summed E-state index contributed by atoms with van der Waals surface area (Å²) in [7, 11) is 0. The van der Waals surface area contributed by atoms with Crippen LogP contribution >= 0.6 is 0 Å². The van der Waals surface area contributed by atoms with Crippen molar-refractivity contribution < 1.29 is 14.8 Å². The zero-order valence-corrected chi connectivity index (χ0v) is 16.4. The van der Waals surface area contributed by atoms with E-state index in [9.17, 15) is 14.9 Å². The molecule has 0 radical (unpaired) electrons. The van der Waals surface area contributed by atoms with Gasteiger partial charge >= 0.3 is 11.7 Å². The molecule has 2 N–H and O–H groups in total. The van der Waals surface area contributed by atoms with Crippen molar-refractivity contribution in [3.05, 3.63) is 70.7 Å². The maximum atomic E-state index is 11.9. The fourth-order valence-corrected chi connectivity index (χ4v) is 3.38. The quantitative estimate of drug-likeness (QED) is 0.451. The maximum absolute atomic E-state index is 11.9. The predicted molar refractivity (Wildman–Crippen MR) is 114 cm³/mol. The Kier molecular flexibility index (Phi) is 5.56. The number of carbonyl (C=O) groups is 1. The number of carboxylic acids is 1. The van der Waals surface area contributed by atoms with Crippen molar-refractivity contribution in [3.8, 4) is 0 Å². The average Bonchev–Trinajstić information content (AvgIpc) is 2.80. The summed E-state index contributed by atoms with van der Waals surface area (Å²) in [6, 6.07) is 11.6. The Balaban J connectivity index is 1.55. The Morgan fingerprint density at radius 2 is 1.71 bits per heavy atom. The molecule has 0 amide bonds. The van der Waals surface area contributed by atoms with Crippen molar-refractivity contribution in [3.63, 3.8) is 0 Å². The highest BCUT2D eigenvalue weighted by molar-refractivity contribution is 5.88. The third kappa shape index (κ3) is 4.34. The van der Waals surface area contributed by atoms with Gasteiger partial charge in [-0.25, -0.2) is 19.7 Å². The van der Waals surface area contributed by atoms with Gasteiger partial charge in [0.1, 0.15) is 12.1 Å². The summed E-state index contributed by atoms with van der Waals surface area (Å²) in [5.74, 6) is 0.105. The molecule has 11 heteroatoms. The van der Waals surface area contributed by atoms with E-state index < -0.39 is 10.9 Å². The first-order chi connectivity index (χ1) is 15.0. The van der Waals surface area contributed by atoms with Crippen LogP contribution in [0, 0.1) is 10.1 Å². The number of nitrogens with one attached hydrogen (secondary N) is 1. The molecule has 1 fully saturated rings. The Labute approximate surface area is 177 Å². The van der Waals surface area contributed by atoms with Gasteiger partial charge in [-0.1, -0.05) is 6.07 Å². The van der Waals surface area contributed by atoms with E-state index in [-0.39, 0.29) is 22.9 Å². The van der Waals surface area contributed by atoms with Gasteiger partial charge in [0.25, 0.3) is 0 Å². The van der Waals surface area contributed by atoms with E-state index in [1.54, 1.807) is 6.20 Å². The van der Waals surface area contributed by atoms with Gasteiger partial charge < -0.3 is 20.2 Å². The van der Waals surface area contributed by atoms with Gasteiger partial charge in [-0.05, 0) is 36.4 Å². The van der Waals surface area contributed by atoms with Crippen LogP contribution in [-0.2, 0) is 0 Å². The second-order valence-corrected chi connectivity index (χ2v) is 6.82. The molecule has 158 valence electrons. The third-order valence-electron chi connectivity index (χ3n) is 4.93. The number of anilines is 4. The molecule has 0 bridgehead atoms. The molecule has 3 aromatic rings. The Morgan fingerprint density at radius 3 is 2.32 bits per heavy atom. The van der Waals surface area contributed by atoms with Crippen molar-refractivity contribution >= 4 is 34.8 Å². The monoisotopic (exact) mass is 421 g/mol. The van der Waals surface area contributed by atoms with Crippen molar-refractivity contribution in [2.75, 3.05) is 41.3 Å². The summed E-state index contributed by atoms with van der Waals surface area (Å²) < 4.78 is 0. The summed E-state index contributed by atoms with van der Waals surface area (Å²) in [4.78, 5) is 38.9. The smallest absolute Gasteiger partial charge is 0.353 e. The zero-order valence-electron chi connectivity index (χ0n) is 16.4. The van der Waals surface area contributed by atoms with Crippen LogP contribution < -0.4 is 15.1 Å². The molecule has 0 saturated carbocycles. The van der Waals surface area contributed by atoms with E-state index in [1.807, 2.05) is 23.1 Å². The summed E-state index contributed by atoms with van der Waals surface area (Å²) in [6.07, 6.45) is 3.01. The van der Waals surface area contributed by atoms with Crippen LogP contribution in [0.25, 0.3) is 0 Å². The fourth-order valence-electron chi connectivity index (χ4n) is 3.38. The highest BCUT2D eigenvalue weighted by Gasteiger charge is 2.29. The fraction of sp³-hybridized carbons (Fsp3) is 0.200. The molecule has 11 nitrogen and oxygen atoms in total. The number of aromatic nitrogens is 3. The third-order valence-corrected chi connectivity index (χ3v) is 4.93. The van der Waals surface area contributed by atoms with Crippen molar-refractivity contribution in [1.82, 2.24) is 15.0 Å². The molecule has 31 heavy (non-hydrogen) atoms. The van der Waals surface area contributed by atoms with E-state index in [0.29, 0.717) is 31.9 Å². The molecule has 2 aromatic heterocycles. The van der Waals surface area contributed by atoms with E-state index in [4.69, 9.17) is 5.11 Å². The first kappa shape index (κ1) is 20.0. The standard InChI is InChI=1S/C20H19N7O4/c28-20(29)14-4-6-15(7-5-14)24-18-17(27(30)31)19(23-13-22-18)26-11-9-25(10-12-26)16-3-1-2-8-21-16/h1-8,13H,9-12H2,(H,28,29)(H,22,23,24). The largest absolute Gasteiger partial charge is 0.478 e. The van der Waals surface area contributed by atoms with E-state index >= 15 is 0 Å². The molecule has 0 aliphatic carbocycles. The molecule has 1 aliphatic heterocycles. The molecule has 1 saturated heterocycles. The van der Waals surface area contributed by atoms with Crippen molar-refractivity contribution in [2.24, 2.45) is 0 Å². The van der Waals surface area contributed by atoms with Crippen LogP contribution in [0.4, 0.5) is 28.8 Å². The minimum atomic E-state index is -1.05. The number of pyridine rings is 1. The molecule has 4 rings (SSSR count). The first-order valence-corrected chi connectivity index (χ1v) is 9.53. The lowest BCUT2D eigenvalue weighted by Crippen LogP contribution is -2.47. The number of carboxylic acid groups (broad SMARTS) is 1. The number of hydrogen-bond donors (Lipinski definition) is 2. The molecule has 1 aliphatic rings. The van der Waals surface area contributed by atoms with E-state index in [0.717, 1.165) is 5.82 Å². The summed E-state index contributed by atoms with van der Waals surface area (Å²) in [5.41, 5.74) is 0.378. The minimum Gasteiger partial charge on any atom is -0.478 e. The molecular weight excluding hydrogens is 402 g/mol. The highest BCUT2D eigenvalue weighted by atomic mass is 16.6. The Morgan fingerprint density at radius 1 is 1.00 bits per heavy atom. The van der Waals surface area contributed by atoms with E-state index in [2.05, 4.69) is 25.2 Å². The summed E-state index contributed by atoms with van der Waals surface area (Å²) in [6.45, 7) is 2.39. The SMILES string of the molecule is O=C(O)c1ccc(Nc2ncnc(N3CCN(c4ccccn4)CC3)c2[N+](=O)[O-])cc1. The number of rotatable bonds is 6. The molecule has 0 spiro atoms. The van der Waals surface area contributed by atoms with Gasteiger partial charge in [0.2, 0.25) is 11.6 Å². The Hall–Kier alpha value is -4.28. The van der Waals surface area contributed by atoms with Gasteiger partial charge in [0.15, 0.2) is 0 Å². The van der Waals surface area contributed by atoms with Crippen molar-refractivity contribution in [2.45, 2.75) is 0 Å². The van der Waals surface area contributed by atoms with Crippen LogP contribution in [0.5, 0.6) is 0 Å². The second kappa shape index (κ2) is 8.61. The molecule has 3 heterocycles. The number of hydrogen-bond acceptors (Lipinski definition) is 9. The number of nitro groups is 1.